The van der Waals surface area contributed by atoms with Crippen LogP contribution in [0.15, 0.2) is 41.2 Å². The zero-order chi connectivity index (χ0) is 22.5. The van der Waals surface area contributed by atoms with Crippen molar-refractivity contribution in [2.45, 2.75) is 24.8 Å². The summed E-state index contributed by atoms with van der Waals surface area (Å²) >= 11 is 0. The lowest BCUT2D eigenvalue weighted by Crippen LogP contribution is -2.49. The average Bonchev–Trinajstić information content (AvgIpc) is 3.22. The van der Waals surface area contributed by atoms with Crippen molar-refractivity contribution in [2.75, 3.05) is 20.2 Å². The molecular formula is C21H21F4N3O3. The smallest absolute Gasteiger partial charge is 0.396 e. The molecule has 10 heteroatoms. The number of hydrogen-bond acceptors (Lipinski definition) is 4. The van der Waals surface area contributed by atoms with Crippen molar-refractivity contribution in [3.05, 3.63) is 58.3 Å². The number of amides is 1. The summed E-state index contributed by atoms with van der Waals surface area (Å²) in [6.07, 6.45) is -4.54. The standard InChI is InChI=1S/C21H21F4N3O3/c1-27-17-13(14(9-29)18(27)19(30)26-10-21(23,24)25)8-28-16(17)7-6-12(20(28)31)11-4-2-3-5-15(11)22/h2-7,13-14,17-18,29H,8-10H2,1H3,(H,26,30)/t13-,14-,17+,18-/m0/s1. The highest BCUT2D eigenvalue weighted by atomic mass is 19.4. The highest BCUT2D eigenvalue weighted by Crippen LogP contribution is 2.48. The van der Waals surface area contributed by atoms with Crippen LogP contribution in [-0.2, 0) is 11.3 Å². The molecule has 1 saturated heterocycles. The molecule has 4 rings (SSSR count). The molecule has 6 nitrogen and oxygen atoms in total. The summed E-state index contributed by atoms with van der Waals surface area (Å²) in [6, 6.07) is 7.74. The van der Waals surface area contributed by atoms with Crippen molar-refractivity contribution in [1.29, 1.82) is 0 Å². The fraction of sp³-hybridized carbons (Fsp3) is 0.429. The topological polar surface area (TPSA) is 74.6 Å². The number of carbonyl (C=O) groups excluding carboxylic acids is 1. The summed E-state index contributed by atoms with van der Waals surface area (Å²) in [5, 5.41) is 11.8. The first-order chi connectivity index (χ1) is 14.6. The van der Waals surface area contributed by atoms with Gasteiger partial charge in [0.2, 0.25) is 5.91 Å². The number of nitrogens with one attached hydrogen (secondary N) is 1. The Bertz CT molecular complexity index is 1070. The first kappa shape index (κ1) is 21.5. The van der Waals surface area contributed by atoms with E-state index in [4.69, 9.17) is 0 Å². The van der Waals surface area contributed by atoms with E-state index in [1.54, 1.807) is 24.1 Å². The average molecular weight is 439 g/mol. The van der Waals surface area contributed by atoms with E-state index in [-0.39, 0.29) is 29.1 Å². The first-order valence-corrected chi connectivity index (χ1v) is 9.80. The summed E-state index contributed by atoms with van der Waals surface area (Å²) in [6.45, 7) is -1.69. The highest BCUT2D eigenvalue weighted by Gasteiger charge is 2.54. The molecule has 2 aliphatic rings. The second-order valence-corrected chi connectivity index (χ2v) is 7.97. The van der Waals surface area contributed by atoms with Crippen molar-refractivity contribution in [1.82, 2.24) is 14.8 Å². The second-order valence-electron chi connectivity index (χ2n) is 7.97. The largest absolute Gasteiger partial charge is 0.405 e. The normalized spacial score (nSPS) is 25.4. The minimum atomic E-state index is -4.54. The third kappa shape index (κ3) is 3.63. The van der Waals surface area contributed by atoms with E-state index in [0.717, 1.165) is 0 Å². The first-order valence-electron chi connectivity index (χ1n) is 9.80. The van der Waals surface area contributed by atoms with Crippen LogP contribution in [0.25, 0.3) is 11.1 Å². The second kappa shape index (κ2) is 7.76. The van der Waals surface area contributed by atoms with E-state index >= 15 is 0 Å². The Labute approximate surface area is 175 Å². The van der Waals surface area contributed by atoms with E-state index in [2.05, 4.69) is 0 Å². The molecular weight excluding hydrogens is 418 g/mol. The molecule has 4 atom stereocenters. The van der Waals surface area contributed by atoms with Crippen LogP contribution >= 0.6 is 0 Å². The van der Waals surface area contributed by atoms with Crippen molar-refractivity contribution in [2.24, 2.45) is 11.8 Å². The van der Waals surface area contributed by atoms with Gasteiger partial charge in [-0.2, -0.15) is 13.2 Å². The van der Waals surface area contributed by atoms with E-state index < -0.39 is 49.1 Å². The van der Waals surface area contributed by atoms with Crippen LogP contribution in [0.2, 0.25) is 0 Å². The number of likely N-dealkylation sites (tertiary alicyclic amines) is 1. The van der Waals surface area contributed by atoms with Gasteiger partial charge in [0, 0.05) is 36.2 Å². The number of alkyl halides is 3. The SMILES string of the molecule is CN1[C@H](C(=O)NCC(F)(F)F)[C@@H](CO)[C@@H]2Cn3c(ccc(-c4ccccc4F)c3=O)[C@@H]21. The Hall–Kier alpha value is -2.72. The van der Waals surface area contributed by atoms with Gasteiger partial charge in [0.25, 0.3) is 5.56 Å². The Morgan fingerprint density at radius 1 is 1.19 bits per heavy atom. The molecule has 1 aromatic heterocycles. The molecule has 2 aliphatic heterocycles. The van der Waals surface area contributed by atoms with Crippen LogP contribution in [0.4, 0.5) is 17.6 Å². The van der Waals surface area contributed by atoms with Crippen LogP contribution in [0.1, 0.15) is 11.7 Å². The van der Waals surface area contributed by atoms with Crippen molar-refractivity contribution >= 4 is 5.91 Å². The minimum absolute atomic E-state index is 0.177. The van der Waals surface area contributed by atoms with Gasteiger partial charge in [0.05, 0.1) is 17.6 Å². The van der Waals surface area contributed by atoms with Crippen LogP contribution in [0.3, 0.4) is 0 Å². The van der Waals surface area contributed by atoms with Gasteiger partial charge < -0.3 is 15.0 Å². The lowest BCUT2D eigenvalue weighted by Gasteiger charge is -2.27. The molecule has 0 aliphatic carbocycles. The molecule has 1 amide bonds. The number of nitrogens with zero attached hydrogens (tertiary/aromatic N) is 2. The van der Waals surface area contributed by atoms with Gasteiger partial charge in [-0.25, -0.2) is 4.39 Å². The molecule has 31 heavy (non-hydrogen) atoms. The maximum Gasteiger partial charge on any atom is 0.405 e. The third-order valence-electron chi connectivity index (χ3n) is 6.25. The number of aliphatic hydroxyl groups excluding tert-OH is 1. The lowest BCUT2D eigenvalue weighted by molar-refractivity contribution is -0.142. The Morgan fingerprint density at radius 2 is 1.90 bits per heavy atom. The van der Waals surface area contributed by atoms with E-state index in [1.807, 2.05) is 5.32 Å². The Kier molecular flexibility index (Phi) is 5.38. The van der Waals surface area contributed by atoms with E-state index in [0.29, 0.717) is 5.69 Å². The number of pyridine rings is 1. The molecule has 3 heterocycles. The van der Waals surface area contributed by atoms with Gasteiger partial charge in [-0.1, -0.05) is 18.2 Å². The van der Waals surface area contributed by atoms with E-state index in [9.17, 15) is 32.3 Å². The number of rotatable bonds is 4. The number of aliphatic hydroxyl groups is 1. The molecule has 0 bridgehead atoms. The van der Waals surface area contributed by atoms with Gasteiger partial charge in [0.15, 0.2) is 0 Å². The number of carbonyl (C=O) groups is 1. The molecule has 0 radical (unpaired) electrons. The molecule has 2 N–H and O–H groups in total. The van der Waals surface area contributed by atoms with Crippen molar-refractivity contribution in [3.8, 4) is 11.1 Å². The quantitative estimate of drug-likeness (QED) is 0.715. The van der Waals surface area contributed by atoms with Crippen LogP contribution in [-0.4, -0.2) is 52.9 Å². The Morgan fingerprint density at radius 3 is 2.55 bits per heavy atom. The zero-order valence-corrected chi connectivity index (χ0v) is 16.6. The summed E-state index contributed by atoms with van der Waals surface area (Å²) in [5.74, 6) is -2.34. The lowest BCUT2D eigenvalue weighted by atomic mass is 9.88. The molecule has 0 spiro atoms. The monoisotopic (exact) mass is 439 g/mol. The van der Waals surface area contributed by atoms with Crippen LogP contribution < -0.4 is 10.9 Å². The van der Waals surface area contributed by atoms with Crippen molar-refractivity contribution < 1.29 is 27.5 Å². The number of halogens is 4. The predicted octanol–water partition coefficient (Wildman–Crippen LogP) is 1.93. The van der Waals surface area contributed by atoms with Gasteiger partial charge in [-0.3, -0.25) is 14.5 Å². The molecule has 2 aromatic rings. The van der Waals surface area contributed by atoms with E-state index in [1.165, 1.54) is 28.8 Å². The minimum Gasteiger partial charge on any atom is -0.396 e. The summed E-state index contributed by atoms with van der Waals surface area (Å²) in [7, 11) is 1.59. The molecule has 0 saturated carbocycles. The van der Waals surface area contributed by atoms with Crippen molar-refractivity contribution in [3.63, 3.8) is 0 Å². The molecule has 166 valence electrons. The summed E-state index contributed by atoms with van der Waals surface area (Å²) in [4.78, 5) is 27.2. The number of likely N-dealkylation sites (N-methyl/N-ethyl adjacent to an activating group) is 1. The predicted molar refractivity (Wildman–Crippen MR) is 104 cm³/mol. The van der Waals surface area contributed by atoms with Gasteiger partial charge in [-0.15, -0.1) is 0 Å². The van der Waals surface area contributed by atoms with Gasteiger partial charge >= 0.3 is 6.18 Å². The zero-order valence-electron chi connectivity index (χ0n) is 16.6. The molecule has 0 unspecified atom stereocenters. The maximum atomic E-state index is 14.2. The van der Waals surface area contributed by atoms with Crippen LogP contribution in [0.5, 0.6) is 0 Å². The number of fused-ring (bicyclic) bond motifs is 3. The fourth-order valence-corrected chi connectivity index (χ4v) is 4.95. The van der Waals surface area contributed by atoms with Crippen LogP contribution in [0, 0.1) is 17.7 Å². The molecule has 1 fully saturated rings. The number of aromatic nitrogens is 1. The number of benzene rings is 1. The third-order valence-corrected chi connectivity index (χ3v) is 6.25. The van der Waals surface area contributed by atoms with Gasteiger partial charge in [0.1, 0.15) is 12.4 Å². The van der Waals surface area contributed by atoms with Gasteiger partial charge in [-0.05, 0) is 25.2 Å². The summed E-state index contributed by atoms with van der Waals surface area (Å²) in [5.41, 5.74) is 0.572. The summed E-state index contributed by atoms with van der Waals surface area (Å²) < 4.78 is 53.2. The fourth-order valence-electron chi connectivity index (χ4n) is 4.95. The highest BCUT2D eigenvalue weighted by molar-refractivity contribution is 5.82. The molecule has 1 aromatic carbocycles. The maximum absolute atomic E-state index is 14.2. The number of hydrogen-bond donors (Lipinski definition) is 2. The Balaban J connectivity index is 1.67.